The predicted octanol–water partition coefficient (Wildman–Crippen LogP) is 1.45. The van der Waals surface area contributed by atoms with E-state index in [-0.39, 0.29) is 30.1 Å². The van der Waals surface area contributed by atoms with Crippen molar-refractivity contribution in [3.05, 3.63) is 46.8 Å². The summed E-state index contributed by atoms with van der Waals surface area (Å²) in [6.07, 6.45) is 0. The number of benzene rings is 1. The van der Waals surface area contributed by atoms with Crippen LogP contribution in [0.15, 0.2) is 18.2 Å². The summed E-state index contributed by atoms with van der Waals surface area (Å²) in [6.45, 7) is -0.345. The number of aromatic carboxylic acids is 1. The van der Waals surface area contributed by atoms with Crippen molar-refractivity contribution in [1.82, 2.24) is 15.0 Å². The zero-order chi connectivity index (χ0) is 14.7. The molecule has 20 heavy (non-hydrogen) atoms. The number of aromatic nitrogens is 3. The summed E-state index contributed by atoms with van der Waals surface area (Å²) in [5.74, 6) is -2.75. The van der Waals surface area contributed by atoms with Crippen molar-refractivity contribution in [2.75, 3.05) is 7.11 Å². The number of rotatable bonds is 5. The summed E-state index contributed by atoms with van der Waals surface area (Å²) in [6, 6.07) is 3.47. The van der Waals surface area contributed by atoms with Crippen LogP contribution in [0.4, 0.5) is 8.78 Å². The second-order valence-corrected chi connectivity index (χ2v) is 3.98. The summed E-state index contributed by atoms with van der Waals surface area (Å²) in [5, 5.41) is 16.0. The number of carbonyl (C=O) groups is 1. The van der Waals surface area contributed by atoms with E-state index in [2.05, 4.69) is 10.3 Å². The maximum atomic E-state index is 13.6. The van der Waals surface area contributed by atoms with Crippen molar-refractivity contribution in [1.29, 1.82) is 0 Å². The van der Waals surface area contributed by atoms with Crippen LogP contribution in [0.1, 0.15) is 21.7 Å². The minimum Gasteiger partial charge on any atom is -0.476 e. The molecule has 0 saturated heterocycles. The number of hydrogen-bond acceptors (Lipinski definition) is 4. The molecule has 1 heterocycles. The van der Waals surface area contributed by atoms with Crippen molar-refractivity contribution in [3.8, 4) is 0 Å². The molecule has 6 nitrogen and oxygen atoms in total. The van der Waals surface area contributed by atoms with Crippen LogP contribution < -0.4 is 0 Å². The number of carboxylic acids is 1. The summed E-state index contributed by atoms with van der Waals surface area (Å²) in [7, 11) is 1.37. The number of nitrogens with zero attached hydrogens (tertiary/aromatic N) is 3. The van der Waals surface area contributed by atoms with Crippen LogP contribution in [0.2, 0.25) is 0 Å². The Hall–Kier alpha value is -2.35. The minimum absolute atomic E-state index is 0.0787. The van der Waals surface area contributed by atoms with Crippen molar-refractivity contribution in [3.63, 3.8) is 0 Å². The topological polar surface area (TPSA) is 77.2 Å². The average molecular weight is 283 g/mol. The van der Waals surface area contributed by atoms with Crippen LogP contribution in [0.5, 0.6) is 0 Å². The third kappa shape index (κ3) is 2.64. The molecule has 0 atom stereocenters. The Bertz CT molecular complexity index is 623. The molecule has 1 aromatic heterocycles. The first-order chi connectivity index (χ1) is 9.54. The molecule has 8 heteroatoms. The van der Waals surface area contributed by atoms with Gasteiger partial charge in [0.15, 0.2) is 5.69 Å². The fourth-order valence-electron chi connectivity index (χ4n) is 1.74. The molecule has 0 amide bonds. The number of halogens is 2. The molecule has 0 bridgehead atoms. The van der Waals surface area contributed by atoms with E-state index in [1.165, 1.54) is 13.2 Å². The predicted molar refractivity (Wildman–Crippen MR) is 63.2 cm³/mol. The molecule has 106 valence electrons. The highest BCUT2D eigenvalue weighted by Gasteiger charge is 2.20. The lowest BCUT2D eigenvalue weighted by Gasteiger charge is -2.08. The molecular weight excluding hydrogens is 272 g/mol. The fraction of sp³-hybridized carbons (Fsp3) is 0.250. The molecule has 0 saturated carbocycles. The summed E-state index contributed by atoms with van der Waals surface area (Å²) in [4.78, 5) is 11.0. The molecule has 1 aromatic carbocycles. The highest BCUT2D eigenvalue weighted by Crippen LogP contribution is 2.16. The maximum Gasteiger partial charge on any atom is 0.358 e. The van der Waals surface area contributed by atoms with Crippen molar-refractivity contribution in [2.45, 2.75) is 13.2 Å². The zero-order valence-electron chi connectivity index (χ0n) is 10.5. The van der Waals surface area contributed by atoms with Gasteiger partial charge < -0.3 is 9.84 Å². The smallest absolute Gasteiger partial charge is 0.358 e. The molecule has 2 aromatic rings. The molecule has 1 N–H and O–H groups in total. The molecule has 2 rings (SSSR count). The molecule has 0 aliphatic heterocycles. The second-order valence-electron chi connectivity index (χ2n) is 3.98. The van der Waals surface area contributed by atoms with Crippen LogP contribution in [0.3, 0.4) is 0 Å². The normalized spacial score (nSPS) is 10.8. The van der Waals surface area contributed by atoms with Gasteiger partial charge in [0.2, 0.25) is 0 Å². The van der Waals surface area contributed by atoms with Gasteiger partial charge in [-0.15, -0.1) is 5.10 Å². The van der Waals surface area contributed by atoms with Crippen LogP contribution in [-0.2, 0) is 17.9 Å². The third-order valence-corrected chi connectivity index (χ3v) is 2.69. The van der Waals surface area contributed by atoms with Crippen LogP contribution in [0, 0.1) is 11.6 Å². The van der Waals surface area contributed by atoms with Gasteiger partial charge >= 0.3 is 5.97 Å². The van der Waals surface area contributed by atoms with Crippen molar-refractivity contribution in [2.24, 2.45) is 0 Å². The lowest BCUT2D eigenvalue weighted by Crippen LogP contribution is -2.12. The SMILES string of the molecule is COCc1c(C(=O)O)nnn1Cc1c(F)cccc1F. The lowest BCUT2D eigenvalue weighted by molar-refractivity contribution is 0.0684. The van der Waals surface area contributed by atoms with E-state index in [0.717, 1.165) is 16.8 Å². The Morgan fingerprint density at radius 1 is 1.40 bits per heavy atom. The average Bonchev–Trinajstić information content (AvgIpc) is 2.78. The summed E-state index contributed by atoms with van der Waals surface area (Å²) < 4.78 is 33.1. The van der Waals surface area contributed by atoms with Gasteiger partial charge in [0.25, 0.3) is 0 Å². The molecule has 0 unspecified atom stereocenters. The molecule has 0 aliphatic rings. The molecule has 0 spiro atoms. The Morgan fingerprint density at radius 3 is 2.60 bits per heavy atom. The van der Waals surface area contributed by atoms with Crippen LogP contribution >= 0.6 is 0 Å². The maximum absolute atomic E-state index is 13.6. The largest absolute Gasteiger partial charge is 0.476 e. The van der Waals surface area contributed by atoms with E-state index in [0.29, 0.717) is 0 Å². The Kier molecular flexibility index (Phi) is 4.04. The Labute approximate surface area is 112 Å². The zero-order valence-corrected chi connectivity index (χ0v) is 10.5. The van der Waals surface area contributed by atoms with E-state index >= 15 is 0 Å². The van der Waals surface area contributed by atoms with Crippen molar-refractivity contribution >= 4 is 5.97 Å². The van der Waals surface area contributed by atoms with Gasteiger partial charge in [-0.1, -0.05) is 11.3 Å². The van der Waals surface area contributed by atoms with E-state index in [4.69, 9.17) is 9.84 Å². The molecular formula is C12H11F2N3O3. The van der Waals surface area contributed by atoms with Gasteiger partial charge in [-0.2, -0.15) is 0 Å². The number of methoxy groups -OCH3 is 1. The highest BCUT2D eigenvalue weighted by atomic mass is 19.1. The first-order valence-electron chi connectivity index (χ1n) is 5.62. The quantitative estimate of drug-likeness (QED) is 0.898. The monoisotopic (exact) mass is 283 g/mol. The fourth-order valence-corrected chi connectivity index (χ4v) is 1.74. The lowest BCUT2D eigenvalue weighted by atomic mass is 10.2. The Morgan fingerprint density at radius 2 is 2.05 bits per heavy atom. The minimum atomic E-state index is -1.28. The van der Waals surface area contributed by atoms with Gasteiger partial charge in [-0.25, -0.2) is 18.3 Å². The standard InChI is InChI=1S/C12H11F2N3O3/c1-20-6-10-11(12(18)19)15-16-17(10)5-7-8(13)3-2-4-9(7)14/h2-4H,5-6H2,1H3,(H,18,19). The van der Waals surface area contributed by atoms with Gasteiger partial charge in [0.1, 0.15) is 11.6 Å². The molecule has 0 radical (unpaired) electrons. The van der Waals surface area contributed by atoms with Gasteiger partial charge in [-0.3, -0.25) is 0 Å². The van der Waals surface area contributed by atoms with Gasteiger partial charge in [0.05, 0.1) is 18.8 Å². The van der Waals surface area contributed by atoms with Gasteiger partial charge in [0, 0.05) is 12.7 Å². The van der Waals surface area contributed by atoms with E-state index in [1.807, 2.05) is 0 Å². The Balaban J connectivity index is 2.41. The second kappa shape index (κ2) is 5.74. The first-order valence-corrected chi connectivity index (χ1v) is 5.62. The summed E-state index contributed by atoms with van der Waals surface area (Å²) >= 11 is 0. The van der Waals surface area contributed by atoms with E-state index < -0.39 is 17.6 Å². The number of hydrogen-bond donors (Lipinski definition) is 1. The number of carboxylic acid groups (broad SMARTS) is 1. The van der Waals surface area contributed by atoms with Crippen LogP contribution in [-0.4, -0.2) is 33.2 Å². The third-order valence-electron chi connectivity index (χ3n) is 2.69. The first kappa shape index (κ1) is 14.1. The number of ether oxygens (including phenoxy) is 1. The van der Waals surface area contributed by atoms with E-state index in [1.54, 1.807) is 0 Å². The van der Waals surface area contributed by atoms with Gasteiger partial charge in [-0.05, 0) is 12.1 Å². The molecule has 0 aliphatic carbocycles. The van der Waals surface area contributed by atoms with Crippen molar-refractivity contribution < 1.29 is 23.4 Å². The van der Waals surface area contributed by atoms with E-state index in [9.17, 15) is 13.6 Å². The highest BCUT2D eigenvalue weighted by molar-refractivity contribution is 5.86. The summed E-state index contributed by atoms with van der Waals surface area (Å²) in [5.41, 5.74) is -0.377. The molecule has 0 fully saturated rings. The van der Waals surface area contributed by atoms with Crippen LogP contribution in [0.25, 0.3) is 0 Å².